The van der Waals surface area contributed by atoms with E-state index in [2.05, 4.69) is 46.9 Å². The van der Waals surface area contributed by atoms with Crippen LogP contribution in [-0.4, -0.2) is 16.4 Å². The summed E-state index contributed by atoms with van der Waals surface area (Å²) in [5.41, 5.74) is 7.68. The first-order valence-corrected chi connectivity index (χ1v) is 9.63. The van der Waals surface area contributed by atoms with Crippen molar-refractivity contribution in [1.82, 2.24) is 4.98 Å². The van der Waals surface area contributed by atoms with E-state index in [9.17, 15) is 0 Å². The van der Waals surface area contributed by atoms with Crippen molar-refractivity contribution >= 4 is 38.7 Å². The maximum absolute atomic E-state index is 4.85. The van der Waals surface area contributed by atoms with Crippen LogP contribution < -0.4 is 0 Å². The van der Waals surface area contributed by atoms with E-state index in [1.54, 1.807) is 0 Å². The SMILES string of the molecule is CC(=Nc1ccccc1)c1cccc(C(C)=Nc2c(C)cc(Br)cc2C)n1. The zero-order valence-electron chi connectivity index (χ0n) is 16.0. The van der Waals surface area contributed by atoms with Crippen LogP contribution in [0.2, 0.25) is 0 Å². The van der Waals surface area contributed by atoms with E-state index in [0.717, 1.165) is 49.8 Å². The van der Waals surface area contributed by atoms with Crippen LogP contribution in [0.15, 0.2) is 75.1 Å². The van der Waals surface area contributed by atoms with Crippen molar-refractivity contribution in [3.8, 4) is 0 Å². The summed E-state index contributed by atoms with van der Waals surface area (Å²) in [5.74, 6) is 0. The van der Waals surface area contributed by atoms with Gasteiger partial charge in [0.1, 0.15) is 0 Å². The molecule has 0 atom stereocenters. The minimum atomic E-state index is 0.857. The number of aromatic nitrogens is 1. The average Bonchev–Trinajstić information content (AvgIpc) is 2.65. The lowest BCUT2D eigenvalue weighted by Gasteiger charge is -2.09. The number of pyridine rings is 1. The number of benzene rings is 2. The van der Waals surface area contributed by atoms with Gasteiger partial charge in [0.2, 0.25) is 0 Å². The van der Waals surface area contributed by atoms with Crippen LogP contribution in [0.1, 0.15) is 36.4 Å². The van der Waals surface area contributed by atoms with Crippen molar-refractivity contribution in [3.63, 3.8) is 0 Å². The third-order valence-electron chi connectivity index (χ3n) is 4.28. The fourth-order valence-electron chi connectivity index (χ4n) is 2.90. The van der Waals surface area contributed by atoms with Gasteiger partial charge in [-0.25, -0.2) is 4.98 Å². The monoisotopic (exact) mass is 419 g/mol. The van der Waals surface area contributed by atoms with Gasteiger partial charge in [-0.2, -0.15) is 0 Å². The standard InChI is InChI=1S/C23H22BrN3/c1-15-13-19(24)14-16(2)23(15)26-18(4)22-12-8-11-21(27-22)17(3)25-20-9-6-5-7-10-20/h5-14H,1-4H3. The van der Waals surface area contributed by atoms with Gasteiger partial charge in [-0.1, -0.05) is 40.2 Å². The van der Waals surface area contributed by atoms with Crippen molar-refractivity contribution in [2.24, 2.45) is 9.98 Å². The molecule has 27 heavy (non-hydrogen) atoms. The first-order valence-electron chi connectivity index (χ1n) is 8.84. The zero-order chi connectivity index (χ0) is 19.4. The number of aliphatic imine (C=N–C) groups is 2. The number of hydrogen-bond donors (Lipinski definition) is 0. The highest BCUT2D eigenvalue weighted by Gasteiger charge is 2.08. The molecule has 3 rings (SSSR count). The Kier molecular flexibility index (Phi) is 5.97. The van der Waals surface area contributed by atoms with Crippen molar-refractivity contribution in [2.45, 2.75) is 27.7 Å². The molecule has 4 heteroatoms. The van der Waals surface area contributed by atoms with Crippen molar-refractivity contribution < 1.29 is 0 Å². The third kappa shape index (κ3) is 4.77. The molecule has 136 valence electrons. The molecule has 0 spiro atoms. The Morgan fingerprint density at radius 1 is 0.778 bits per heavy atom. The summed E-state index contributed by atoms with van der Waals surface area (Å²) < 4.78 is 1.07. The molecule has 0 unspecified atom stereocenters. The van der Waals surface area contributed by atoms with Crippen LogP contribution >= 0.6 is 15.9 Å². The summed E-state index contributed by atoms with van der Waals surface area (Å²) in [6.07, 6.45) is 0. The molecule has 0 aliphatic carbocycles. The Morgan fingerprint density at radius 3 is 1.93 bits per heavy atom. The van der Waals surface area contributed by atoms with Gasteiger partial charge in [-0.3, -0.25) is 9.98 Å². The summed E-state index contributed by atoms with van der Waals surface area (Å²) in [7, 11) is 0. The molecule has 0 fully saturated rings. The van der Waals surface area contributed by atoms with Gasteiger partial charge in [-0.05, 0) is 75.2 Å². The summed E-state index contributed by atoms with van der Waals surface area (Å²) in [6.45, 7) is 8.13. The average molecular weight is 420 g/mol. The topological polar surface area (TPSA) is 37.6 Å². The van der Waals surface area contributed by atoms with E-state index in [4.69, 9.17) is 9.98 Å². The highest BCUT2D eigenvalue weighted by Crippen LogP contribution is 2.28. The van der Waals surface area contributed by atoms with Crippen molar-refractivity contribution in [1.29, 1.82) is 0 Å². The van der Waals surface area contributed by atoms with Crippen LogP contribution in [0.4, 0.5) is 11.4 Å². The maximum atomic E-state index is 4.85. The van der Waals surface area contributed by atoms with Crippen LogP contribution in [0.3, 0.4) is 0 Å². The summed E-state index contributed by atoms with van der Waals surface area (Å²) in [4.78, 5) is 14.3. The smallest absolute Gasteiger partial charge is 0.0849 e. The zero-order valence-corrected chi connectivity index (χ0v) is 17.6. The Morgan fingerprint density at radius 2 is 1.33 bits per heavy atom. The Bertz CT molecular complexity index is 998. The Balaban J connectivity index is 1.95. The molecule has 0 aliphatic rings. The second kappa shape index (κ2) is 8.40. The normalized spacial score (nSPS) is 12.3. The van der Waals surface area contributed by atoms with Crippen LogP contribution in [-0.2, 0) is 0 Å². The molecule has 0 amide bonds. The number of rotatable bonds is 4. The fraction of sp³-hybridized carbons (Fsp3) is 0.174. The van der Waals surface area contributed by atoms with Crippen LogP contribution in [0.5, 0.6) is 0 Å². The lowest BCUT2D eigenvalue weighted by Crippen LogP contribution is -2.05. The van der Waals surface area contributed by atoms with Gasteiger partial charge in [-0.15, -0.1) is 0 Å². The second-order valence-electron chi connectivity index (χ2n) is 6.53. The van der Waals surface area contributed by atoms with Crippen molar-refractivity contribution in [3.05, 3.63) is 87.7 Å². The minimum Gasteiger partial charge on any atom is -0.252 e. The summed E-state index contributed by atoms with van der Waals surface area (Å²) in [6, 6.07) is 20.1. The van der Waals surface area contributed by atoms with Gasteiger partial charge >= 0.3 is 0 Å². The van der Waals surface area contributed by atoms with Gasteiger partial charge in [0.25, 0.3) is 0 Å². The molecule has 3 nitrogen and oxygen atoms in total. The molecule has 3 aromatic rings. The molecule has 1 aromatic heterocycles. The molecule has 2 aromatic carbocycles. The lowest BCUT2D eigenvalue weighted by molar-refractivity contribution is 1.23. The van der Waals surface area contributed by atoms with E-state index in [-0.39, 0.29) is 0 Å². The van der Waals surface area contributed by atoms with E-state index in [0.29, 0.717) is 0 Å². The Labute approximate surface area is 169 Å². The molecular weight excluding hydrogens is 398 g/mol. The minimum absolute atomic E-state index is 0.857. The van der Waals surface area contributed by atoms with Crippen molar-refractivity contribution in [2.75, 3.05) is 0 Å². The molecule has 0 N–H and O–H groups in total. The van der Waals surface area contributed by atoms with E-state index in [1.807, 2.05) is 62.4 Å². The van der Waals surface area contributed by atoms with E-state index >= 15 is 0 Å². The van der Waals surface area contributed by atoms with E-state index < -0.39 is 0 Å². The number of halogens is 1. The number of para-hydroxylation sites is 1. The molecule has 0 bridgehead atoms. The van der Waals surface area contributed by atoms with Gasteiger partial charge in [0.15, 0.2) is 0 Å². The van der Waals surface area contributed by atoms with Crippen LogP contribution in [0.25, 0.3) is 0 Å². The lowest BCUT2D eigenvalue weighted by atomic mass is 10.1. The summed E-state index contributed by atoms with van der Waals surface area (Å²) in [5, 5.41) is 0. The molecule has 0 saturated heterocycles. The highest BCUT2D eigenvalue weighted by molar-refractivity contribution is 9.10. The van der Waals surface area contributed by atoms with E-state index in [1.165, 1.54) is 0 Å². The fourth-order valence-corrected chi connectivity index (χ4v) is 3.58. The number of hydrogen-bond acceptors (Lipinski definition) is 3. The summed E-state index contributed by atoms with van der Waals surface area (Å²) >= 11 is 3.54. The second-order valence-corrected chi connectivity index (χ2v) is 7.44. The van der Waals surface area contributed by atoms with Gasteiger partial charge in [0.05, 0.1) is 34.2 Å². The molecular formula is C23H22BrN3. The number of nitrogens with zero attached hydrogens (tertiary/aromatic N) is 3. The molecule has 1 heterocycles. The molecule has 0 saturated carbocycles. The Hall–Kier alpha value is -2.59. The number of aryl methyl sites for hydroxylation is 2. The predicted octanol–water partition coefficient (Wildman–Crippen LogP) is 6.74. The highest BCUT2D eigenvalue weighted by atomic mass is 79.9. The van der Waals surface area contributed by atoms with Crippen LogP contribution in [0, 0.1) is 13.8 Å². The van der Waals surface area contributed by atoms with Gasteiger partial charge in [0, 0.05) is 4.47 Å². The predicted molar refractivity (Wildman–Crippen MR) is 118 cm³/mol. The maximum Gasteiger partial charge on any atom is 0.0849 e. The third-order valence-corrected chi connectivity index (χ3v) is 4.74. The largest absolute Gasteiger partial charge is 0.252 e. The molecule has 0 radical (unpaired) electrons. The first kappa shape index (κ1) is 19.2. The van der Waals surface area contributed by atoms with Gasteiger partial charge < -0.3 is 0 Å². The molecule has 0 aliphatic heterocycles. The quantitative estimate of drug-likeness (QED) is 0.431. The first-order chi connectivity index (χ1) is 12.9.